The number of hydrogen-bond donors (Lipinski definition) is 4. The van der Waals surface area contributed by atoms with Gasteiger partial charge in [0.25, 0.3) is 0 Å². The van der Waals surface area contributed by atoms with Crippen molar-refractivity contribution in [1.29, 1.82) is 0 Å². The third-order valence-electron chi connectivity index (χ3n) is 15.3. The van der Waals surface area contributed by atoms with E-state index in [2.05, 4.69) is 76.7 Å². The van der Waals surface area contributed by atoms with Crippen LogP contribution in [0.1, 0.15) is 137 Å². The molecule has 0 aliphatic carbocycles. The van der Waals surface area contributed by atoms with Crippen molar-refractivity contribution in [2.45, 2.75) is 163 Å². The van der Waals surface area contributed by atoms with Crippen molar-refractivity contribution in [3.05, 3.63) is 120 Å². The number of nitrogens with zero attached hydrogens (tertiary/aromatic N) is 4. The lowest BCUT2D eigenvalue weighted by atomic mass is 9.85. The molecule has 0 spiro atoms. The van der Waals surface area contributed by atoms with Crippen LogP contribution in [0.3, 0.4) is 0 Å². The summed E-state index contributed by atoms with van der Waals surface area (Å²) in [6.07, 6.45) is 9.70. The van der Waals surface area contributed by atoms with E-state index in [4.69, 9.17) is 0 Å². The van der Waals surface area contributed by atoms with Crippen molar-refractivity contribution >= 4 is 35.9 Å². The number of carbonyl (C=O) groups excluding carboxylic acids is 6. The van der Waals surface area contributed by atoms with Gasteiger partial charge in [-0.15, -0.1) is 0 Å². The lowest BCUT2D eigenvalue weighted by Crippen LogP contribution is -2.57. The molecule has 2 aliphatic rings. The molecule has 3 unspecified atom stereocenters. The lowest BCUT2D eigenvalue weighted by Gasteiger charge is -2.37. The van der Waals surface area contributed by atoms with Crippen molar-refractivity contribution < 1.29 is 28.8 Å². The van der Waals surface area contributed by atoms with E-state index in [9.17, 15) is 28.8 Å². The SMILES string of the molecule is CCNC.CNCC(=O)NC(C(=O)N1CCCC1CN(Cc1ccccc1-c1ccccc1)C(=O)CCCCCCCCC(=O)N(Cc1ccccc1-c1ccccc1)CC1CCCN1C(=O)[C@@H](NC=O)C(C)(C)C)C(C)(C)C. The smallest absolute Gasteiger partial charge is 0.246 e. The molecule has 0 radical (unpaired) electrons. The van der Waals surface area contributed by atoms with E-state index >= 15 is 0 Å². The van der Waals surface area contributed by atoms with Crippen molar-refractivity contribution in [3.63, 3.8) is 0 Å². The molecule has 14 nitrogen and oxygen atoms in total. The Hall–Kier alpha value is -6.38. The first-order chi connectivity index (χ1) is 37.9. The highest BCUT2D eigenvalue weighted by atomic mass is 16.2. The number of likely N-dealkylation sites (tertiary alicyclic amines) is 2. The van der Waals surface area contributed by atoms with E-state index in [-0.39, 0.29) is 48.2 Å². The minimum Gasteiger partial charge on any atom is -0.346 e. The molecule has 430 valence electrons. The average molecular weight is 1080 g/mol. The Bertz CT molecular complexity index is 2520. The third-order valence-corrected chi connectivity index (χ3v) is 15.3. The average Bonchev–Trinajstić information content (AvgIpc) is 4.22. The maximum Gasteiger partial charge on any atom is 0.246 e. The van der Waals surface area contributed by atoms with Gasteiger partial charge in [-0.2, -0.15) is 0 Å². The van der Waals surface area contributed by atoms with Gasteiger partial charge in [0.2, 0.25) is 35.9 Å². The summed E-state index contributed by atoms with van der Waals surface area (Å²) in [6.45, 7) is 17.8. The normalized spacial score (nSPS) is 16.1. The van der Waals surface area contributed by atoms with E-state index in [1.165, 1.54) is 0 Å². The number of carbonyl (C=O) groups is 6. The van der Waals surface area contributed by atoms with Gasteiger partial charge in [-0.25, -0.2) is 0 Å². The Morgan fingerprint density at radius 3 is 1.35 bits per heavy atom. The maximum atomic E-state index is 14.4. The van der Waals surface area contributed by atoms with Gasteiger partial charge in [0.05, 0.1) is 6.54 Å². The van der Waals surface area contributed by atoms with E-state index < -0.39 is 22.9 Å². The van der Waals surface area contributed by atoms with Crippen molar-refractivity contribution in [2.75, 3.05) is 53.4 Å². The van der Waals surface area contributed by atoms with Crippen LogP contribution in [0.15, 0.2) is 109 Å². The number of likely N-dealkylation sites (N-methyl/N-ethyl adjacent to an activating group) is 1. The molecule has 4 atom stereocenters. The molecule has 0 aromatic heterocycles. The van der Waals surface area contributed by atoms with Gasteiger partial charge < -0.3 is 40.9 Å². The molecule has 79 heavy (non-hydrogen) atoms. The van der Waals surface area contributed by atoms with Gasteiger partial charge in [0.1, 0.15) is 12.1 Å². The molecule has 0 saturated carbocycles. The summed E-state index contributed by atoms with van der Waals surface area (Å²) in [6, 6.07) is 35.1. The third kappa shape index (κ3) is 19.4. The number of amides is 6. The fourth-order valence-electron chi connectivity index (χ4n) is 10.9. The van der Waals surface area contributed by atoms with Crippen molar-refractivity contribution in [1.82, 2.24) is 40.9 Å². The van der Waals surface area contributed by atoms with Crippen LogP contribution in [0.2, 0.25) is 0 Å². The Kier molecular flexibility index (Phi) is 25.7. The number of benzene rings is 4. The minimum absolute atomic E-state index is 0.0582. The Morgan fingerprint density at radius 1 is 0.570 bits per heavy atom. The van der Waals surface area contributed by atoms with Crippen molar-refractivity contribution in [2.24, 2.45) is 10.8 Å². The van der Waals surface area contributed by atoms with Crippen LogP contribution >= 0.6 is 0 Å². The van der Waals surface area contributed by atoms with E-state index in [1.54, 1.807) is 7.05 Å². The van der Waals surface area contributed by atoms with Crippen LogP contribution < -0.4 is 21.3 Å². The zero-order valence-corrected chi connectivity index (χ0v) is 49.2. The topological polar surface area (TPSA) is 163 Å². The zero-order valence-electron chi connectivity index (χ0n) is 49.2. The van der Waals surface area contributed by atoms with E-state index in [0.29, 0.717) is 58.5 Å². The maximum absolute atomic E-state index is 14.4. The van der Waals surface area contributed by atoms with Gasteiger partial charge in [-0.1, -0.05) is 183 Å². The van der Waals surface area contributed by atoms with Gasteiger partial charge in [0, 0.05) is 64.2 Å². The first kappa shape index (κ1) is 63.5. The second-order valence-electron chi connectivity index (χ2n) is 23.6. The Balaban J connectivity index is 0.00000277. The number of unbranched alkanes of at least 4 members (excludes halogenated alkanes) is 5. The summed E-state index contributed by atoms with van der Waals surface area (Å²) in [5.74, 6) is -0.331. The summed E-state index contributed by atoms with van der Waals surface area (Å²) < 4.78 is 0. The first-order valence-electron chi connectivity index (χ1n) is 29.1. The van der Waals surface area contributed by atoms with Gasteiger partial charge in [-0.3, -0.25) is 28.8 Å². The lowest BCUT2D eigenvalue weighted by molar-refractivity contribution is -0.142. The quantitative estimate of drug-likeness (QED) is 0.0339. The van der Waals surface area contributed by atoms with Gasteiger partial charge >= 0.3 is 0 Å². The second-order valence-corrected chi connectivity index (χ2v) is 23.6. The fraction of sp³-hybridized carbons (Fsp3) is 0.538. The molecule has 4 aromatic carbocycles. The predicted molar refractivity (Wildman–Crippen MR) is 318 cm³/mol. The molecule has 2 heterocycles. The minimum atomic E-state index is -0.707. The molecule has 4 aromatic rings. The Morgan fingerprint density at radius 2 is 0.962 bits per heavy atom. The van der Waals surface area contributed by atoms with Crippen LogP contribution in [0.4, 0.5) is 0 Å². The van der Waals surface area contributed by atoms with E-state index in [0.717, 1.165) is 104 Å². The molecule has 4 N–H and O–H groups in total. The summed E-state index contributed by atoms with van der Waals surface area (Å²) in [5.41, 5.74) is 5.40. The zero-order chi connectivity index (χ0) is 57.4. The molecule has 14 heteroatoms. The van der Waals surface area contributed by atoms with Crippen LogP contribution in [-0.2, 0) is 41.9 Å². The van der Waals surface area contributed by atoms with Crippen molar-refractivity contribution in [3.8, 4) is 22.3 Å². The first-order valence-corrected chi connectivity index (χ1v) is 29.1. The van der Waals surface area contributed by atoms with E-state index in [1.807, 2.05) is 129 Å². The molecule has 2 fully saturated rings. The summed E-state index contributed by atoms with van der Waals surface area (Å²) in [7, 11) is 3.64. The Labute approximate surface area is 473 Å². The van der Waals surface area contributed by atoms with Crippen LogP contribution in [-0.4, -0.2) is 133 Å². The highest BCUT2D eigenvalue weighted by Gasteiger charge is 2.42. The van der Waals surface area contributed by atoms with Gasteiger partial charge in [0.15, 0.2) is 0 Å². The molecular formula is C65H94N8O6. The summed E-state index contributed by atoms with van der Waals surface area (Å²) in [4.78, 5) is 89.2. The highest BCUT2D eigenvalue weighted by Crippen LogP contribution is 2.31. The molecular weight excluding hydrogens is 989 g/mol. The fourth-order valence-corrected chi connectivity index (χ4v) is 10.9. The number of nitrogens with one attached hydrogen (secondary N) is 4. The predicted octanol–water partition coefficient (Wildman–Crippen LogP) is 9.62. The molecule has 0 bridgehead atoms. The monoisotopic (exact) mass is 1080 g/mol. The molecule has 2 saturated heterocycles. The van der Waals surface area contributed by atoms with Gasteiger partial charge in [-0.05, 0) is 103 Å². The van der Waals surface area contributed by atoms with Crippen LogP contribution in [0, 0.1) is 10.8 Å². The second kappa shape index (κ2) is 32.0. The van der Waals surface area contributed by atoms with Crippen LogP contribution in [0.5, 0.6) is 0 Å². The summed E-state index contributed by atoms with van der Waals surface area (Å²) >= 11 is 0. The molecule has 6 rings (SSSR count). The molecule has 6 amide bonds. The highest BCUT2D eigenvalue weighted by molar-refractivity contribution is 5.89. The number of rotatable bonds is 27. The standard InChI is InChI=1S/C62H85N7O6.C3H9N/c1-61(2,3)57(64-45-70)59(74)68-38-24-32-50(68)43-66(41-48-30-20-22-34-52(48)46-26-14-12-15-27-46)55(72)36-18-10-8-9-11-19-37-56(73)67(42-49-31-21-23-35-53(49)47-28-16-13-17-29-47)44-51-33-25-39-69(51)60(75)58(62(4,5)6)65-54(71)40-63-7;1-3-4-2/h12-17,20-23,26-31,34-35,45,50-51,57-58,63H,8-11,18-19,24-25,32-33,36-44H2,1-7H3,(H,64,70)(H,65,71);4H,3H2,1-2H3/t50?,51?,57-,58?;/m1./s1. The summed E-state index contributed by atoms with van der Waals surface area (Å²) in [5, 5.41) is 11.6. The largest absolute Gasteiger partial charge is 0.346 e. The van der Waals surface area contributed by atoms with Crippen LogP contribution in [0.25, 0.3) is 22.3 Å². The molecule has 2 aliphatic heterocycles. The number of hydrogen-bond acceptors (Lipinski definition) is 8.